The van der Waals surface area contributed by atoms with Gasteiger partial charge in [-0.05, 0) is 45.6 Å². The second kappa shape index (κ2) is 13.0. The van der Waals surface area contributed by atoms with Crippen LogP contribution in [-0.4, -0.2) is 47.7 Å². The van der Waals surface area contributed by atoms with Crippen LogP contribution in [0.25, 0.3) is 0 Å². The van der Waals surface area contributed by atoms with Gasteiger partial charge in [-0.1, -0.05) is 108 Å². The van der Waals surface area contributed by atoms with Crippen molar-refractivity contribution >= 4 is 11.9 Å². The number of carbonyl (C=O) groups excluding carboxylic acids is 1. The molecule has 0 spiro atoms. The van der Waals surface area contributed by atoms with E-state index in [4.69, 9.17) is 9.47 Å². The number of carbonyl (C=O) groups is 2. The number of nitrogens with one attached hydrogen (secondary N) is 1. The molecule has 1 amide bonds. The van der Waals surface area contributed by atoms with Crippen LogP contribution in [0.2, 0.25) is 0 Å². The number of amides is 1. The van der Waals surface area contributed by atoms with Gasteiger partial charge in [-0.3, -0.25) is 4.79 Å². The van der Waals surface area contributed by atoms with E-state index in [2.05, 4.69) is 65.1 Å². The zero-order chi connectivity index (χ0) is 32.5. The van der Waals surface area contributed by atoms with Gasteiger partial charge >= 0.3 is 5.97 Å². The van der Waals surface area contributed by atoms with E-state index in [0.717, 1.165) is 28.9 Å². The fourth-order valence-electron chi connectivity index (χ4n) is 7.28. The Morgan fingerprint density at radius 3 is 2.31 bits per heavy atom. The van der Waals surface area contributed by atoms with Crippen LogP contribution >= 0.6 is 0 Å². The minimum absolute atomic E-state index is 0.0493. The number of fused-ring (bicyclic) bond motifs is 1. The summed E-state index contributed by atoms with van der Waals surface area (Å²) < 4.78 is 11.9. The number of carboxylic acids is 1. The summed E-state index contributed by atoms with van der Waals surface area (Å²) in [5.41, 5.74) is 4.78. The first-order valence-corrected chi connectivity index (χ1v) is 16.0. The van der Waals surface area contributed by atoms with Crippen molar-refractivity contribution in [1.29, 1.82) is 0 Å². The van der Waals surface area contributed by atoms with E-state index in [9.17, 15) is 14.7 Å². The van der Waals surface area contributed by atoms with E-state index in [-0.39, 0.29) is 29.7 Å². The summed E-state index contributed by atoms with van der Waals surface area (Å²) in [4.78, 5) is 29.4. The molecule has 0 aromatic heterocycles. The zero-order valence-electron chi connectivity index (χ0n) is 27.7. The SMILES string of the molecule is COc1ccc(C(C)(C)C)cc1CN[C@H]1[C@H](C(C)(C)C)[C@@H](C(=O)O)N(C(=O)C[C@H]2OCCc3ccccc32)[C@H]1c1ccccc1. The Hall–Kier alpha value is -3.68. The van der Waals surface area contributed by atoms with Crippen LogP contribution in [0.5, 0.6) is 5.75 Å². The van der Waals surface area contributed by atoms with Crippen LogP contribution in [0.3, 0.4) is 0 Å². The first kappa shape index (κ1) is 32.7. The molecule has 1 fully saturated rings. The summed E-state index contributed by atoms with van der Waals surface area (Å²) >= 11 is 0. The van der Waals surface area contributed by atoms with Gasteiger partial charge in [-0.25, -0.2) is 4.79 Å². The average Bonchev–Trinajstić information content (AvgIpc) is 3.36. The quantitative estimate of drug-likeness (QED) is 0.289. The molecule has 0 unspecified atom stereocenters. The summed E-state index contributed by atoms with van der Waals surface area (Å²) in [6, 6.07) is 22.3. The van der Waals surface area contributed by atoms with Crippen molar-refractivity contribution in [3.63, 3.8) is 0 Å². The molecule has 5 atom stereocenters. The van der Waals surface area contributed by atoms with Crippen LogP contribution in [0.15, 0.2) is 72.8 Å². The third kappa shape index (κ3) is 6.80. The van der Waals surface area contributed by atoms with E-state index in [1.165, 1.54) is 11.1 Å². The van der Waals surface area contributed by atoms with E-state index in [0.29, 0.717) is 13.2 Å². The normalized spacial score (nSPS) is 23.4. The maximum atomic E-state index is 14.5. The first-order chi connectivity index (χ1) is 21.3. The van der Waals surface area contributed by atoms with E-state index in [1.807, 2.05) is 54.6 Å². The predicted octanol–water partition coefficient (Wildman–Crippen LogP) is 6.85. The number of hydrogen-bond acceptors (Lipinski definition) is 5. The molecule has 5 rings (SSSR count). The fourth-order valence-corrected chi connectivity index (χ4v) is 7.28. The largest absolute Gasteiger partial charge is 0.496 e. The topological polar surface area (TPSA) is 88.1 Å². The second-order valence-corrected chi connectivity index (χ2v) is 14.5. The van der Waals surface area contributed by atoms with Crippen LogP contribution in [-0.2, 0) is 32.7 Å². The molecule has 2 aliphatic heterocycles. The van der Waals surface area contributed by atoms with Crippen molar-refractivity contribution in [2.45, 2.75) is 90.6 Å². The van der Waals surface area contributed by atoms with Crippen molar-refractivity contribution in [3.05, 3.63) is 101 Å². The monoisotopic (exact) mass is 612 g/mol. The summed E-state index contributed by atoms with van der Waals surface area (Å²) in [6.45, 7) is 13.7. The lowest BCUT2D eigenvalue weighted by atomic mass is 9.72. The minimum Gasteiger partial charge on any atom is -0.496 e. The number of carboxylic acid groups (broad SMARTS) is 1. The number of benzene rings is 3. The zero-order valence-corrected chi connectivity index (χ0v) is 27.7. The summed E-state index contributed by atoms with van der Waals surface area (Å²) in [5, 5.41) is 14.6. The van der Waals surface area contributed by atoms with Crippen molar-refractivity contribution in [3.8, 4) is 5.75 Å². The lowest BCUT2D eigenvalue weighted by Crippen LogP contribution is -2.48. The summed E-state index contributed by atoms with van der Waals surface area (Å²) in [7, 11) is 1.67. The van der Waals surface area contributed by atoms with E-state index < -0.39 is 29.6 Å². The third-order valence-corrected chi connectivity index (χ3v) is 9.48. The predicted molar refractivity (Wildman–Crippen MR) is 176 cm³/mol. The molecule has 3 aromatic rings. The fraction of sp³-hybridized carbons (Fsp3) is 0.474. The Labute approximate surface area is 267 Å². The van der Waals surface area contributed by atoms with Gasteiger partial charge in [0.2, 0.25) is 5.91 Å². The molecule has 0 bridgehead atoms. The smallest absolute Gasteiger partial charge is 0.326 e. The molecule has 0 aliphatic carbocycles. The highest BCUT2D eigenvalue weighted by Crippen LogP contribution is 2.49. The highest BCUT2D eigenvalue weighted by atomic mass is 16.5. The Morgan fingerprint density at radius 2 is 1.67 bits per heavy atom. The Balaban J connectivity index is 1.57. The van der Waals surface area contributed by atoms with Crippen LogP contribution in [0, 0.1) is 11.3 Å². The maximum absolute atomic E-state index is 14.5. The van der Waals surface area contributed by atoms with Crippen molar-refractivity contribution < 1.29 is 24.2 Å². The Bertz CT molecular complexity index is 1510. The lowest BCUT2D eigenvalue weighted by Gasteiger charge is -2.35. The summed E-state index contributed by atoms with van der Waals surface area (Å²) in [6.07, 6.45) is 0.458. The van der Waals surface area contributed by atoms with Gasteiger partial charge in [-0.15, -0.1) is 0 Å². The Kier molecular flexibility index (Phi) is 9.43. The van der Waals surface area contributed by atoms with Crippen molar-refractivity contribution in [2.24, 2.45) is 11.3 Å². The molecule has 7 nitrogen and oxygen atoms in total. The van der Waals surface area contributed by atoms with Gasteiger partial charge in [0.15, 0.2) is 0 Å². The Morgan fingerprint density at radius 1 is 0.978 bits per heavy atom. The molecule has 3 aromatic carbocycles. The van der Waals surface area contributed by atoms with Gasteiger partial charge in [-0.2, -0.15) is 0 Å². The maximum Gasteiger partial charge on any atom is 0.326 e. The number of likely N-dealkylation sites (tertiary alicyclic amines) is 1. The highest BCUT2D eigenvalue weighted by molar-refractivity contribution is 5.86. The summed E-state index contributed by atoms with van der Waals surface area (Å²) in [5.74, 6) is -0.831. The molecular formula is C38H48N2O5. The minimum atomic E-state index is -1.03. The molecule has 2 aliphatic rings. The number of aliphatic carboxylic acids is 1. The first-order valence-electron chi connectivity index (χ1n) is 16.0. The third-order valence-electron chi connectivity index (χ3n) is 9.48. The van der Waals surface area contributed by atoms with Crippen LogP contribution < -0.4 is 10.1 Å². The molecule has 0 saturated carbocycles. The molecule has 7 heteroatoms. The van der Waals surface area contributed by atoms with Gasteiger partial charge < -0.3 is 24.8 Å². The van der Waals surface area contributed by atoms with Gasteiger partial charge in [0.25, 0.3) is 0 Å². The molecule has 240 valence electrons. The van der Waals surface area contributed by atoms with Gasteiger partial charge in [0.05, 0.1) is 32.3 Å². The molecule has 1 saturated heterocycles. The molecular weight excluding hydrogens is 564 g/mol. The molecule has 2 N–H and O–H groups in total. The average molecular weight is 613 g/mol. The lowest BCUT2D eigenvalue weighted by molar-refractivity contribution is -0.153. The number of rotatable bonds is 8. The standard InChI is InChI=1S/C38H48N2O5/c1-37(2,3)27-17-18-29(44-7)26(21-27)23-39-33-32(38(4,5)6)35(36(42)43)40(34(33)25-14-9-8-10-15-25)31(41)22-30-28-16-12-11-13-24(28)19-20-45-30/h8-18,21,30,32-35,39H,19-20,22-23H2,1-7H3,(H,42,43)/t30-,32+,33+,34+,35+/m1/s1. The van der Waals surface area contributed by atoms with Gasteiger partial charge in [0, 0.05) is 24.1 Å². The van der Waals surface area contributed by atoms with Crippen molar-refractivity contribution in [1.82, 2.24) is 10.2 Å². The number of nitrogens with zero attached hydrogens (tertiary/aromatic N) is 1. The second-order valence-electron chi connectivity index (χ2n) is 14.5. The van der Waals surface area contributed by atoms with Crippen molar-refractivity contribution in [2.75, 3.05) is 13.7 Å². The molecule has 0 radical (unpaired) electrons. The van der Waals surface area contributed by atoms with Crippen LogP contribution in [0.1, 0.15) is 87.9 Å². The highest BCUT2D eigenvalue weighted by Gasteiger charge is 2.58. The molecule has 2 heterocycles. The number of hydrogen-bond donors (Lipinski definition) is 2. The van der Waals surface area contributed by atoms with Crippen LogP contribution in [0.4, 0.5) is 0 Å². The number of methoxy groups -OCH3 is 1. The van der Waals surface area contributed by atoms with E-state index >= 15 is 0 Å². The number of ether oxygens (including phenoxy) is 2. The van der Waals surface area contributed by atoms with E-state index in [1.54, 1.807) is 12.0 Å². The van der Waals surface area contributed by atoms with Gasteiger partial charge in [0.1, 0.15) is 11.8 Å². The molecule has 45 heavy (non-hydrogen) atoms.